The van der Waals surface area contributed by atoms with Crippen LogP contribution in [0, 0.1) is 11.8 Å². The molecule has 2 fully saturated rings. The maximum Gasteiger partial charge on any atom is 0.227 e. The molecule has 2 aliphatic rings. The Morgan fingerprint density at radius 2 is 1.50 bits per heavy atom. The quantitative estimate of drug-likeness (QED) is 0.897. The van der Waals surface area contributed by atoms with Crippen molar-refractivity contribution >= 4 is 23.2 Å². The van der Waals surface area contributed by atoms with E-state index in [9.17, 15) is 9.59 Å². The van der Waals surface area contributed by atoms with Crippen molar-refractivity contribution in [1.82, 2.24) is 4.90 Å². The summed E-state index contributed by atoms with van der Waals surface area (Å²) in [6, 6.07) is 7.89. The summed E-state index contributed by atoms with van der Waals surface area (Å²) in [6.45, 7) is 1.84. The summed E-state index contributed by atoms with van der Waals surface area (Å²) in [6.07, 6.45) is 6.82. The van der Waals surface area contributed by atoms with Gasteiger partial charge in [-0.05, 0) is 69.2 Å². The van der Waals surface area contributed by atoms with Gasteiger partial charge in [0.1, 0.15) is 0 Å². The van der Waals surface area contributed by atoms with Gasteiger partial charge in [0.25, 0.3) is 0 Å². The molecule has 5 nitrogen and oxygen atoms in total. The number of likely N-dealkylation sites (tertiary alicyclic amines) is 1. The van der Waals surface area contributed by atoms with Crippen molar-refractivity contribution in [3.05, 3.63) is 24.3 Å². The third-order valence-electron chi connectivity index (χ3n) is 5.77. The highest BCUT2D eigenvalue weighted by Crippen LogP contribution is 2.31. The minimum Gasteiger partial charge on any atom is -0.378 e. The van der Waals surface area contributed by atoms with Gasteiger partial charge in [-0.1, -0.05) is 0 Å². The van der Waals surface area contributed by atoms with Crippen LogP contribution in [-0.2, 0) is 9.59 Å². The fourth-order valence-electron chi connectivity index (χ4n) is 4.06. The van der Waals surface area contributed by atoms with E-state index in [4.69, 9.17) is 0 Å². The van der Waals surface area contributed by atoms with Crippen LogP contribution in [0.15, 0.2) is 24.3 Å². The highest BCUT2D eigenvalue weighted by molar-refractivity contribution is 5.93. The first kappa shape index (κ1) is 18.7. The molecule has 0 atom stereocenters. The van der Waals surface area contributed by atoms with Gasteiger partial charge in [-0.3, -0.25) is 9.59 Å². The normalized spacial score (nSPS) is 23.4. The molecule has 0 bridgehead atoms. The van der Waals surface area contributed by atoms with Crippen molar-refractivity contribution in [1.29, 1.82) is 0 Å². The van der Waals surface area contributed by atoms with Crippen LogP contribution in [0.5, 0.6) is 0 Å². The number of carbonyl (C=O) groups excluding carboxylic acids is 2. The van der Waals surface area contributed by atoms with Crippen LogP contribution < -0.4 is 10.2 Å². The van der Waals surface area contributed by atoms with Crippen molar-refractivity contribution in [2.75, 3.05) is 37.4 Å². The summed E-state index contributed by atoms with van der Waals surface area (Å²) in [5.41, 5.74) is 1.95. The summed E-state index contributed by atoms with van der Waals surface area (Å²) in [5, 5.41) is 3.03. The summed E-state index contributed by atoms with van der Waals surface area (Å²) in [7, 11) is 3.99. The fourth-order valence-corrected chi connectivity index (χ4v) is 4.06. The molecular formula is C21H31N3O2. The second kappa shape index (κ2) is 8.56. The predicted molar refractivity (Wildman–Crippen MR) is 105 cm³/mol. The number of piperidine rings is 1. The highest BCUT2D eigenvalue weighted by atomic mass is 16.2. The summed E-state index contributed by atoms with van der Waals surface area (Å²) in [4.78, 5) is 29.3. The van der Waals surface area contributed by atoms with E-state index in [1.807, 2.05) is 48.2 Å². The van der Waals surface area contributed by atoms with Gasteiger partial charge in [0.05, 0.1) is 0 Å². The van der Waals surface area contributed by atoms with E-state index in [1.165, 1.54) is 6.42 Å². The number of hydrogen-bond acceptors (Lipinski definition) is 3. The monoisotopic (exact) mass is 357 g/mol. The Morgan fingerprint density at radius 1 is 0.923 bits per heavy atom. The Balaban J connectivity index is 1.48. The SMILES string of the molecule is CN(C)c1ccc(NC(=O)C2CCC(C(=O)N3CCCCC3)CC2)cc1. The van der Waals surface area contributed by atoms with Crippen LogP contribution in [0.3, 0.4) is 0 Å². The zero-order valence-corrected chi connectivity index (χ0v) is 16.0. The molecule has 1 aromatic rings. The number of carbonyl (C=O) groups is 2. The molecule has 5 heteroatoms. The van der Waals surface area contributed by atoms with E-state index < -0.39 is 0 Å². The van der Waals surface area contributed by atoms with Crippen LogP contribution in [0.1, 0.15) is 44.9 Å². The second-order valence-corrected chi connectivity index (χ2v) is 7.87. The number of amides is 2. The molecule has 1 saturated heterocycles. The van der Waals surface area contributed by atoms with Gasteiger partial charge in [0.15, 0.2) is 0 Å². The minimum absolute atomic E-state index is 0.0222. The summed E-state index contributed by atoms with van der Waals surface area (Å²) < 4.78 is 0. The van der Waals surface area contributed by atoms with E-state index in [-0.39, 0.29) is 17.7 Å². The molecule has 1 N–H and O–H groups in total. The average molecular weight is 357 g/mol. The van der Waals surface area contributed by atoms with Crippen molar-refractivity contribution in [2.45, 2.75) is 44.9 Å². The van der Waals surface area contributed by atoms with Gasteiger partial charge in [0, 0.05) is 50.4 Å². The zero-order valence-electron chi connectivity index (χ0n) is 16.0. The van der Waals surface area contributed by atoms with Crippen LogP contribution in [0.4, 0.5) is 11.4 Å². The molecule has 1 saturated carbocycles. The lowest BCUT2D eigenvalue weighted by Gasteiger charge is -2.33. The lowest BCUT2D eigenvalue weighted by atomic mass is 9.80. The van der Waals surface area contributed by atoms with Crippen molar-refractivity contribution in [3.8, 4) is 0 Å². The Labute approximate surface area is 156 Å². The first-order valence-corrected chi connectivity index (χ1v) is 9.91. The standard InChI is InChI=1S/C21H31N3O2/c1-23(2)19-12-10-18(11-13-19)22-20(25)16-6-8-17(9-7-16)21(26)24-14-4-3-5-15-24/h10-13,16-17H,3-9,14-15H2,1-2H3,(H,22,25). The fraction of sp³-hybridized carbons (Fsp3) is 0.619. The van der Waals surface area contributed by atoms with Gasteiger partial charge < -0.3 is 15.1 Å². The van der Waals surface area contributed by atoms with Crippen LogP contribution in [0.2, 0.25) is 0 Å². The van der Waals surface area contributed by atoms with Crippen molar-refractivity contribution in [3.63, 3.8) is 0 Å². The molecule has 142 valence electrons. The molecule has 3 rings (SSSR count). The molecule has 2 amide bonds. The molecule has 0 aromatic heterocycles. The highest BCUT2D eigenvalue weighted by Gasteiger charge is 2.32. The second-order valence-electron chi connectivity index (χ2n) is 7.87. The van der Waals surface area contributed by atoms with Gasteiger partial charge in [-0.2, -0.15) is 0 Å². The lowest BCUT2D eigenvalue weighted by Crippen LogP contribution is -2.41. The third-order valence-corrected chi connectivity index (χ3v) is 5.77. The van der Waals surface area contributed by atoms with Gasteiger partial charge in [0.2, 0.25) is 11.8 Å². The molecule has 1 heterocycles. The molecular weight excluding hydrogens is 326 g/mol. The van der Waals surface area contributed by atoms with E-state index in [0.29, 0.717) is 5.91 Å². The van der Waals surface area contributed by atoms with E-state index in [0.717, 1.165) is 63.0 Å². The maximum absolute atomic E-state index is 12.6. The zero-order chi connectivity index (χ0) is 18.5. The largest absolute Gasteiger partial charge is 0.378 e. The lowest BCUT2D eigenvalue weighted by molar-refractivity contribution is -0.138. The molecule has 1 aliphatic carbocycles. The Morgan fingerprint density at radius 3 is 2.08 bits per heavy atom. The number of anilines is 2. The average Bonchev–Trinajstić information content (AvgIpc) is 2.68. The topological polar surface area (TPSA) is 52.7 Å². The minimum atomic E-state index is 0.0222. The molecule has 0 unspecified atom stereocenters. The number of nitrogens with zero attached hydrogens (tertiary/aromatic N) is 2. The number of nitrogens with one attached hydrogen (secondary N) is 1. The van der Waals surface area contributed by atoms with E-state index in [2.05, 4.69) is 5.32 Å². The Bertz CT molecular complexity index is 613. The van der Waals surface area contributed by atoms with Gasteiger partial charge in [-0.15, -0.1) is 0 Å². The number of rotatable bonds is 4. The summed E-state index contributed by atoms with van der Waals surface area (Å²) >= 11 is 0. The first-order valence-electron chi connectivity index (χ1n) is 9.91. The molecule has 0 spiro atoms. The van der Waals surface area contributed by atoms with Crippen LogP contribution >= 0.6 is 0 Å². The molecule has 1 aromatic carbocycles. The third kappa shape index (κ3) is 4.57. The Kier molecular flexibility index (Phi) is 6.17. The van der Waals surface area contributed by atoms with E-state index >= 15 is 0 Å². The number of benzene rings is 1. The summed E-state index contributed by atoms with van der Waals surface area (Å²) in [5.74, 6) is 0.555. The maximum atomic E-state index is 12.6. The first-order chi connectivity index (χ1) is 12.5. The van der Waals surface area contributed by atoms with Gasteiger partial charge in [-0.25, -0.2) is 0 Å². The van der Waals surface area contributed by atoms with Crippen molar-refractivity contribution < 1.29 is 9.59 Å². The van der Waals surface area contributed by atoms with Crippen LogP contribution in [-0.4, -0.2) is 43.9 Å². The molecule has 0 radical (unpaired) electrons. The number of hydrogen-bond donors (Lipinski definition) is 1. The van der Waals surface area contributed by atoms with Gasteiger partial charge >= 0.3 is 0 Å². The van der Waals surface area contributed by atoms with Crippen molar-refractivity contribution in [2.24, 2.45) is 11.8 Å². The molecule has 1 aliphatic heterocycles. The van der Waals surface area contributed by atoms with E-state index in [1.54, 1.807) is 0 Å². The Hall–Kier alpha value is -2.04. The smallest absolute Gasteiger partial charge is 0.227 e. The predicted octanol–water partition coefficient (Wildman–Crippen LogP) is 3.51. The van der Waals surface area contributed by atoms with Crippen LogP contribution in [0.25, 0.3) is 0 Å². The molecule has 26 heavy (non-hydrogen) atoms.